The smallest absolute Gasteiger partial charge is 0.303 e. The topological polar surface area (TPSA) is 109 Å². The first kappa shape index (κ1) is 26.3. The molecule has 192 valence electrons. The molecule has 1 aliphatic rings. The summed E-state index contributed by atoms with van der Waals surface area (Å²) in [5, 5.41) is 22.3. The molecule has 2 aromatic heterocycles. The SMILES string of the molecule is COc1ccc2nccc(C(O)CC[C@@H]3CCN(CCCSc4ncccn4)C[C@@H]3CC(=O)O)c2c1. The van der Waals surface area contributed by atoms with E-state index in [-0.39, 0.29) is 18.3 Å². The zero-order valence-corrected chi connectivity index (χ0v) is 21.4. The summed E-state index contributed by atoms with van der Waals surface area (Å²) < 4.78 is 5.35. The largest absolute Gasteiger partial charge is 0.497 e. The van der Waals surface area contributed by atoms with E-state index in [0.29, 0.717) is 6.42 Å². The highest BCUT2D eigenvalue weighted by Gasteiger charge is 2.31. The molecule has 36 heavy (non-hydrogen) atoms. The summed E-state index contributed by atoms with van der Waals surface area (Å²) in [6.45, 7) is 2.68. The molecular formula is C27H34N4O4S. The lowest BCUT2D eigenvalue weighted by Gasteiger charge is -2.38. The summed E-state index contributed by atoms with van der Waals surface area (Å²) in [7, 11) is 1.62. The number of likely N-dealkylation sites (tertiary alicyclic amines) is 1. The first-order valence-corrected chi connectivity index (χ1v) is 13.5. The monoisotopic (exact) mass is 510 g/mol. The van der Waals surface area contributed by atoms with E-state index in [9.17, 15) is 15.0 Å². The van der Waals surface area contributed by atoms with E-state index in [1.807, 2.05) is 30.3 Å². The number of pyridine rings is 1. The van der Waals surface area contributed by atoms with Gasteiger partial charge in [-0.05, 0) is 86.5 Å². The molecule has 2 N–H and O–H groups in total. The van der Waals surface area contributed by atoms with Crippen LogP contribution in [0.1, 0.15) is 43.8 Å². The van der Waals surface area contributed by atoms with Crippen molar-refractivity contribution in [3.05, 3.63) is 54.5 Å². The van der Waals surface area contributed by atoms with Crippen molar-refractivity contribution >= 4 is 28.6 Å². The third-order valence-electron chi connectivity index (χ3n) is 6.96. The molecule has 4 rings (SSSR count). The Morgan fingerprint density at radius 1 is 1.19 bits per heavy atom. The number of carboxylic acid groups (broad SMARTS) is 1. The molecule has 3 heterocycles. The lowest BCUT2D eigenvalue weighted by atomic mass is 9.79. The van der Waals surface area contributed by atoms with Crippen LogP contribution in [0.2, 0.25) is 0 Å². The third kappa shape index (κ3) is 7.15. The van der Waals surface area contributed by atoms with Gasteiger partial charge in [-0.25, -0.2) is 9.97 Å². The van der Waals surface area contributed by atoms with E-state index in [1.165, 1.54) is 0 Å². The van der Waals surface area contributed by atoms with Crippen LogP contribution < -0.4 is 4.74 Å². The van der Waals surface area contributed by atoms with Crippen LogP contribution in [0, 0.1) is 11.8 Å². The van der Waals surface area contributed by atoms with Gasteiger partial charge in [0.25, 0.3) is 0 Å². The number of aliphatic hydroxyl groups excluding tert-OH is 1. The molecule has 1 saturated heterocycles. The van der Waals surface area contributed by atoms with E-state index in [0.717, 1.165) is 72.0 Å². The number of benzene rings is 1. The Kier molecular flexibility index (Phi) is 9.49. The fourth-order valence-corrected chi connectivity index (χ4v) is 5.82. The Bertz CT molecular complexity index is 1130. The Morgan fingerprint density at radius 3 is 2.81 bits per heavy atom. The standard InChI is InChI=1S/C27H34N4O4S/c1-35-21-5-6-24-23(17-21)22(8-12-28-24)25(32)7-4-19-9-14-31(18-20(19)16-26(33)34)13-3-15-36-27-29-10-2-11-30-27/h2,5-6,8,10-12,17,19-20,25,32H,3-4,7,9,13-16,18H2,1H3,(H,33,34)/t19-,20+,25?/m1/s1. The van der Waals surface area contributed by atoms with E-state index < -0.39 is 12.1 Å². The number of carboxylic acids is 1. The van der Waals surface area contributed by atoms with Gasteiger partial charge in [-0.15, -0.1) is 0 Å². The first-order valence-electron chi connectivity index (χ1n) is 12.5. The number of aliphatic carboxylic acids is 1. The Labute approximate surface area is 216 Å². The van der Waals surface area contributed by atoms with Crippen LogP contribution >= 0.6 is 11.8 Å². The van der Waals surface area contributed by atoms with Crippen molar-refractivity contribution in [2.45, 2.75) is 43.4 Å². The van der Waals surface area contributed by atoms with Gasteiger partial charge in [-0.1, -0.05) is 11.8 Å². The van der Waals surface area contributed by atoms with Gasteiger partial charge in [0.15, 0.2) is 5.16 Å². The molecule has 0 spiro atoms. The van der Waals surface area contributed by atoms with Crippen LogP contribution in [0.25, 0.3) is 10.9 Å². The Balaban J connectivity index is 1.31. The maximum Gasteiger partial charge on any atom is 0.303 e. The highest BCUT2D eigenvalue weighted by atomic mass is 32.2. The number of ether oxygens (including phenoxy) is 1. The summed E-state index contributed by atoms with van der Waals surface area (Å²) in [5.41, 5.74) is 1.66. The lowest BCUT2D eigenvalue weighted by Crippen LogP contribution is -2.42. The fraction of sp³-hybridized carbons (Fsp3) is 0.481. The zero-order valence-electron chi connectivity index (χ0n) is 20.6. The van der Waals surface area contributed by atoms with Gasteiger partial charge in [-0.3, -0.25) is 9.78 Å². The molecule has 0 bridgehead atoms. The molecule has 1 aromatic carbocycles. The number of methoxy groups -OCH3 is 1. The number of rotatable bonds is 12. The summed E-state index contributed by atoms with van der Waals surface area (Å²) in [5.74, 6) is 1.28. The van der Waals surface area contributed by atoms with Gasteiger partial charge < -0.3 is 19.8 Å². The van der Waals surface area contributed by atoms with Crippen molar-refractivity contribution in [3.8, 4) is 5.75 Å². The molecule has 0 aliphatic carbocycles. The number of hydrogen-bond donors (Lipinski definition) is 2. The number of thioether (sulfide) groups is 1. The van der Waals surface area contributed by atoms with Gasteiger partial charge in [0.05, 0.1) is 18.7 Å². The summed E-state index contributed by atoms with van der Waals surface area (Å²) in [6.07, 6.45) is 8.09. The van der Waals surface area contributed by atoms with Crippen LogP contribution in [0.5, 0.6) is 5.75 Å². The number of fused-ring (bicyclic) bond motifs is 1. The van der Waals surface area contributed by atoms with Crippen molar-refractivity contribution in [3.63, 3.8) is 0 Å². The van der Waals surface area contributed by atoms with Crippen LogP contribution in [0.3, 0.4) is 0 Å². The van der Waals surface area contributed by atoms with Crippen LogP contribution in [0.15, 0.2) is 54.1 Å². The van der Waals surface area contributed by atoms with Crippen LogP contribution in [-0.4, -0.2) is 68.5 Å². The van der Waals surface area contributed by atoms with E-state index in [2.05, 4.69) is 19.9 Å². The third-order valence-corrected chi connectivity index (χ3v) is 7.92. The molecule has 3 atom stereocenters. The van der Waals surface area contributed by atoms with Crippen molar-refractivity contribution < 1.29 is 19.7 Å². The minimum Gasteiger partial charge on any atom is -0.497 e. The van der Waals surface area contributed by atoms with Crippen LogP contribution in [-0.2, 0) is 4.79 Å². The molecule has 0 saturated carbocycles. The van der Waals surface area contributed by atoms with Crippen molar-refractivity contribution in [2.24, 2.45) is 11.8 Å². The van der Waals surface area contributed by atoms with E-state index in [1.54, 1.807) is 37.5 Å². The molecule has 9 heteroatoms. The minimum absolute atomic E-state index is 0.0860. The first-order chi connectivity index (χ1) is 17.5. The lowest BCUT2D eigenvalue weighted by molar-refractivity contribution is -0.139. The average molecular weight is 511 g/mol. The Morgan fingerprint density at radius 2 is 2.03 bits per heavy atom. The second kappa shape index (κ2) is 13.0. The summed E-state index contributed by atoms with van der Waals surface area (Å²) in [4.78, 5) is 26.9. The van der Waals surface area contributed by atoms with Gasteiger partial charge in [0.1, 0.15) is 5.75 Å². The highest BCUT2D eigenvalue weighted by molar-refractivity contribution is 7.99. The normalized spacial score (nSPS) is 19.3. The van der Waals surface area contributed by atoms with Gasteiger partial charge in [0, 0.05) is 42.7 Å². The van der Waals surface area contributed by atoms with Crippen LogP contribution in [0.4, 0.5) is 0 Å². The second-order valence-corrected chi connectivity index (χ2v) is 10.4. The number of carbonyl (C=O) groups is 1. The quantitative estimate of drug-likeness (QED) is 0.208. The molecule has 1 aliphatic heterocycles. The zero-order chi connectivity index (χ0) is 25.3. The van der Waals surface area contributed by atoms with Gasteiger partial charge >= 0.3 is 5.97 Å². The number of aliphatic hydroxyl groups is 1. The van der Waals surface area contributed by atoms with Crippen molar-refractivity contribution in [1.82, 2.24) is 19.9 Å². The molecule has 0 amide bonds. The summed E-state index contributed by atoms with van der Waals surface area (Å²) in [6, 6.07) is 9.35. The Hall–Kier alpha value is -2.75. The van der Waals surface area contributed by atoms with Crippen molar-refractivity contribution in [1.29, 1.82) is 0 Å². The van der Waals surface area contributed by atoms with Crippen molar-refractivity contribution in [2.75, 3.05) is 32.5 Å². The minimum atomic E-state index is -0.753. The highest BCUT2D eigenvalue weighted by Crippen LogP contribution is 2.35. The number of hydrogen-bond acceptors (Lipinski definition) is 8. The van der Waals surface area contributed by atoms with Gasteiger partial charge in [0.2, 0.25) is 0 Å². The molecule has 0 radical (unpaired) electrons. The number of nitrogens with zero attached hydrogens (tertiary/aromatic N) is 4. The molecule has 1 unspecified atom stereocenters. The maximum absolute atomic E-state index is 11.6. The molecule has 8 nitrogen and oxygen atoms in total. The predicted octanol–water partition coefficient (Wildman–Crippen LogP) is 4.44. The van der Waals surface area contributed by atoms with E-state index >= 15 is 0 Å². The van der Waals surface area contributed by atoms with E-state index in [4.69, 9.17) is 4.74 Å². The average Bonchev–Trinajstić information content (AvgIpc) is 2.90. The molecule has 3 aromatic rings. The predicted molar refractivity (Wildman–Crippen MR) is 140 cm³/mol. The molecule has 1 fully saturated rings. The summed E-state index contributed by atoms with van der Waals surface area (Å²) >= 11 is 1.65. The fourth-order valence-electron chi connectivity index (χ4n) is 5.10. The number of aromatic nitrogens is 3. The number of piperidine rings is 1. The maximum atomic E-state index is 11.6. The van der Waals surface area contributed by atoms with Gasteiger partial charge in [-0.2, -0.15) is 0 Å². The molecular weight excluding hydrogens is 476 g/mol. The second-order valence-electron chi connectivity index (χ2n) is 9.32.